The van der Waals surface area contributed by atoms with Crippen molar-refractivity contribution in [2.75, 3.05) is 50.8 Å². The van der Waals surface area contributed by atoms with Gasteiger partial charge in [0.05, 0.1) is 24.0 Å². The number of morpholine rings is 1. The van der Waals surface area contributed by atoms with Crippen LogP contribution in [0.3, 0.4) is 0 Å². The molecule has 1 atom stereocenters. The molecule has 0 N–H and O–H groups in total. The van der Waals surface area contributed by atoms with E-state index in [1.54, 1.807) is 34.1 Å². The van der Waals surface area contributed by atoms with Crippen LogP contribution in [0, 0.1) is 5.92 Å². The number of carbonyl (C=O) groups excluding carboxylic acids is 2. The molecule has 30 heavy (non-hydrogen) atoms. The molecule has 0 aliphatic carbocycles. The van der Waals surface area contributed by atoms with Crippen molar-refractivity contribution in [3.05, 3.63) is 24.3 Å². The van der Waals surface area contributed by atoms with Crippen LogP contribution in [0.1, 0.15) is 33.1 Å². The van der Waals surface area contributed by atoms with Crippen LogP contribution in [0.15, 0.2) is 29.2 Å². The largest absolute Gasteiger partial charge is 0.378 e. The van der Waals surface area contributed by atoms with Crippen LogP contribution in [0.5, 0.6) is 0 Å². The zero-order valence-corrected chi connectivity index (χ0v) is 18.6. The lowest BCUT2D eigenvalue weighted by Crippen LogP contribution is -2.44. The Morgan fingerprint density at radius 2 is 1.70 bits per heavy atom. The quantitative estimate of drug-likeness (QED) is 0.618. The maximum Gasteiger partial charge on any atom is 0.243 e. The molecule has 2 heterocycles. The zero-order chi connectivity index (χ0) is 21.7. The van der Waals surface area contributed by atoms with E-state index in [1.165, 1.54) is 4.31 Å². The number of rotatable bonds is 8. The molecule has 0 saturated carbocycles. The lowest BCUT2D eigenvalue weighted by molar-refractivity contribution is -0.139. The molecule has 0 bridgehead atoms. The van der Waals surface area contributed by atoms with Crippen molar-refractivity contribution in [1.82, 2.24) is 9.21 Å². The van der Waals surface area contributed by atoms with Crippen molar-refractivity contribution in [1.29, 1.82) is 0 Å². The summed E-state index contributed by atoms with van der Waals surface area (Å²) in [7, 11) is -3.56. The van der Waals surface area contributed by atoms with Gasteiger partial charge in [0, 0.05) is 44.8 Å². The molecule has 0 spiro atoms. The molecule has 2 fully saturated rings. The summed E-state index contributed by atoms with van der Waals surface area (Å²) >= 11 is 0. The molecular weight excluding hydrogens is 406 g/mol. The molecule has 166 valence electrons. The number of sulfonamides is 1. The van der Waals surface area contributed by atoms with E-state index in [9.17, 15) is 18.0 Å². The van der Waals surface area contributed by atoms with Gasteiger partial charge in [-0.25, -0.2) is 8.42 Å². The van der Waals surface area contributed by atoms with Crippen LogP contribution < -0.4 is 4.90 Å². The SMILES string of the molecule is CCCN(CCC)S(=O)(=O)c1ccc(N2C[C@H](C(=O)N3CCOCC3)CC2=O)cc1. The van der Waals surface area contributed by atoms with Crippen LogP contribution in [0.4, 0.5) is 5.69 Å². The highest BCUT2D eigenvalue weighted by atomic mass is 32.2. The molecule has 0 radical (unpaired) electrons. The smallest absolute Gasteiger partial charge is 0.243 e. The minimum Gasteiger partial charge on any atom is -0.378 e. The van der Waals surface area contributed by atoms with E-state index in [0.29, 0.717) is 51.6 Å². The van der Waals surface area contributed by atoms with Crippen molar-refractivity contribution in [3.63, 3.8) is 0 Å². The Bertz CT molecular complexity index is 844. The number of ether oxygens (including phenoxy) is 1. The van der Waals surface area contributed by atoms with E-state index >= 15 is 0 Å². The Kier molecular flexibility index (Phi) is 7.49. The van der Waals surface area contributed by atoms with Gasteiger partial charge in [0.25, 0.3) is 0 Å². The fraction of sp³-hybridized carbons (Fsp3) is 0.619. The molecular formula is C21H31N3O5S. The molecule has 2 amide bonds. The number of hydrogen-bond acceptors (Lipinski definition) is 5. The van der Waals surface area contributed by atoms with Crippen LogP contribution in [0.2, 0.25) is 0 Å². The molecule has 0 aromatic heterocycles. The number of hydrogen-bond donors (Lipinski definition) is 0. The van der Waals surface area contributed by atoms with Gasteiger partial charge < -0.3 is 14.5 Å². The number of carbonyl (C=O) groups is 2. The van der Waals surface area contributed by atoms with Gasteiger partial charge in [0.1, 0.15) is 0 Å². The topological polar surface area (TPSA) is 87.2 Å². The summed E-state index contributed by atoms with van der Waals surface area (Å²) in [6.07, 6.45) is 1.67. The van der Waals surface area contributed by atoms with Crippen molar-refractivity contribution in [2.24, 2.45) is 5.92 Å². The zero-order valence-electron chi connectivity index (χ0n) is 17.7. The fourth-order valence-corrected chi connectivity index (χ4v) is 5.59. The molecule has 2 saturated heterocycles. The van der Waals surface area contributed by atoms with E-state index in [2.05, 4.69) is 0 Å². The van der Waals surface area contributed by atoms with E-state index < -0.39 is 10.0 Å². The monoisotopic (exact) mass is 437 g/mol. The first-order valence-corrected chi connectivity index (χ1v) is 12.1. The maximum atomic E-state index is 12.9. The summed E-state index contributed by atoms with van der Waals surface area (Å²) in [5.41, 5.74) is 0.619. The predicted molar refractivity (Wildman–Crippen MR) is 114 cm³/mol. The summed E-state index contributed by atoms with van der Waals surface area (Å²) in [6.45, 7) is 7.35. The third kappa shape index (κ3) is 4.84. The van der Waals surface area contributed by atoms with Gasteiger partial charge in [-0.1, -0.05) is 13.8 Å². The van der Waals surface area contributed by atoms with Crippen molar-refractivity contribution >= 4 is 27.5 Å². The molecule has 0 unspecified atom stereocenters. The third-order valence-corrected chi connectivity index (χ3v) is 7.44. The van der Waals surface area contributed by atoms with Gasteiger partial charge in [0.2, 0.25) is 21.8 Å². The van der Waals surface area contributed by atoms with E-state index in [4.69, 9.17) is 4.74 Å². The van der Waals surface area contributed by atoms with Crippen molar-refractivity contribution in [2.45, 2.75) is 38.0 Å². The summed E-state index contributed by atoms with van der Waals surface area (Å²) in [5, 5.41) is 0. The van der Waals surface area contributed by atoms with Crippen LogP contribution >= 0.6 is 0 Å². The Balaban J connectivity index is 1.71. The predicted octanol–water partition coefficient (Wildman–Crippen LogP) is 1.71. The second-order valence-electron chi connectivity index (χ2n) is 7.74. The Morgan fingerprint density at radius 3 is 2.27 bits per heavy atom. The molecule has 2 aliphatic rings. The molecule has 3 rings (SSSR count). The summed E-state index contributed by atoms with van der Waals surface area (Å²) < 4.78 is 32.6. The lowest BCUT2D eigenvalue weighted by atomic mass is 10.1. The Labute approximate surface area is 178 Å². The summed E-state index contributed by atoms with van der Waals surface area (Å²) in [6, 6.07) is 6.41. The highest BCUT2D eigenvalue weighted by Gasteiger charge is 2.37. The van der Waals surface area contributed by atoms with Gasteiger partial charge in [-0.3, -0.25) is 9.59 Å². The first-order valence-electron chi connectivity index (χ1n) is 10.7. The Morgan fingerprint density at radius 1 is 1.10 bits per heavy atom. The summed E-state index contributed by atoms with van der Waals surface area (Å²) in [4.78, 5) is 28.8. The van der Waals surface area contributed by atoms with Gasteiger partial charge >= 0.3 is 0 Å². The number of nitrogens with zero attached hydrogens (tertiary/aromatic N) is 3. The lowest BCUT2D eigenvalue weighted by Gasteiger charge is -2.29. The highest BCUT2D eigenvalue weighted by molar-refractivity contribution is 7.89. The highest BCUT2D eigenvalue weighted by Crippen LogP contribution is 2.28. The standard InChI is InChI=1S/C21H31N3O5S/c1-3-9-23(10-4-2)30(27,28)19-7-5-18(6-8-19)24-16-17(15-20(24)25)21(26)22-11-13-29-14-12-22/h5-8,17H,3-4,9-16H2,1-2H3/t17-/m1/s1. The molecule has 2 aliphatic heterocycles. The van der Waals surface area contributed by atoms with Gasteiger partial charge in [-0.05, 0) is 37.1 Å². The average molecular weight is 438 g/mol. The second kappa shape index (κ2) is 9.89. The van der Waals surface area contributed by atoms with Crippen LogP contribution in [-0.2, 0) is 24.3 Å². The van der Waals surface area contributed by atoms with E-state index in [0.717, 1.165) is 12.8 Å². The first kappa shape index (κ1) is 22.7. The molecule has 8 nitrogen and oxygen atoms in total. The van der Waals surface area contributed by atoms with Crippen LogP contribution in [-0.4, -0.2) is 75.4 Å². The minimum atomic E-state index is -3.56. The van der Waals surface area contributed by atoms with E-state index in [1.807, 2.05) is 13.8 Å². The number of anilines is 1. The molecule has 1 aromatic carbocycles. The van der Waals surface area contributed by atoms with Crippen molar-refractivity contribution < 1.29 is 22.7 Å². The third-order valence-electron chi connectivity index (χ3n) is 5.53. The first-order chi connectivity index (χ1) is 14.4. The van der Waals surface area contributed by atoms with Crippen LogP contribution in [0.25, 0.3) is 0 Å². The molecule has 1 aromatic rings. The fourth-order valence-electron chi connectivity index (χ4n) is 3.96. The summed E-state index contributed by atoms with van der Waals surface area (Å²) in [5.74, 6) is -0.498. The number of benzene rings is 1. The van der Waals surface area contributed by atoms with Gasteiger partial charge in [-0.2, -0.15) is 4.31 Å². The van der Waals surface area contributed by atoms with E-state index in [-0.39, 0.29) is 29.0 Å². The molecule has 9 heteroatoms. The second-order valence-corrected chi connectivity index (χ2v) is 9.68. The number of amides is 2. The normalized spacial score (nSPS) is 20.2. The average Bonchev–Trinajstić information content (AvgIpc) is 3.15. The van der Waals surface area contributed by atoms with Crippen molar-refractivity contribution in [3.8, 4) is 0 Å². The Hall–Kier alpha value is -1.97. The van der Waals surface area contributed by atoms with Gasteiger partial charge in [-0.15, -0.1) is 0 Å². The minimum absolute atomic E-state index is 0.0110. The maximum absolute atomic E-state index is 12.9. The van der Waals surface area contributed by atoms with Gasteiger partial charge in [0.15, 0.2) is 0 Å².